The Hall–Kier alpha value is -1.74. The Labute approximate surface area is 142 Å². The van der Waals surface area contributed by atoms with Crippen LogP contribution in [-0.4, -0.2) is 49.0 Å². The fourth-order valence-corrected chi connectivity index (χ4v) is 4.07. The van der Waals surface area contributed by atoms with Gasteiger partial charge in [-0.25, -0.2) is 4.98 Å². The summed E-state index contributed by atoms with van der Waals surface area (Å²) < 4.78 is 34.4. The minimum Gasteiger partial charge on any atom is -0.379 e. The predicted octanol–water partition coefficient (Wildman–Crippen LogP) is 1.69. The average molecular weight is 350 g/mol. The zero-order valence-electron chi connectivity index (χ0n) is 13.6. The van der Waals surface area contributed by atoms with E-state index in [4.69, 9.17) is 4.74 Å². The molecule has 24 heavy (non-hydrogen) atoms. The average Bonchev–Trinajstić information content (AvgIpc) is 3.11. The van der Waals surface area contributed by atoms with Crippen molar-refractivity contribution in [2.75, 3.05) is 26.3 Å². The van der Waals surface area contributed by atoms with Gasteiger partial charge >= 0.3 is 0 Å². The topological polar surface area (TPSA) is 87.3 Å². The number of aromatic nitrogens is 2. The van der Waals surface area contributed by atoms with Gasteiger partial charge in [-0.3, -0.25) is 0 Å². The molecular weight excluding hydrogens is 328 g/mol. The summed E-state index contributed by atoms with van der Waals surface area (Å²) in [6.45, 7) is 3.53. The number of hydrogen-bond donors (Lipinski definition) is 2. The lowest BCUT2D eigenvalue weighted by Gasteiger charge is -2.27. The molecule has 2 N–H and O–H groups in total. The first-order chi connectivity index (χ1) is 11.6. The molecule has 3 rings (SSSR count). The Bertz CT molecular complexity index is 755. The van der Waals surface area contributed by atoms with Gasteiger partial charge in [0.25, 0.3) is 10.2 Å². The number of benzene rings is 1. The summed E-state index contributed by atoms with van der Waals surface area (Å²) in [5, 5.41) is 0. The number of imidazole rings is 1. The van der Waals surface area contributed by atoms with E-state index in [2.05, 4.69) is 14.7 Å². The van der Waals surface area contributed by atoms with Crippen LogP contribution in [0.5, 0.6) is 0 Å². The second-order valence-corrected chi connectivity index (χ2v) is 7.35. The van der Waals surface area contributed by atoms with Gasteiger partial charge in [0.15, 0.2) is 0 Å². The van der Waals surface area contributed by atoms with Gasteiger partial charge in [0.05, 0.1) is 31.1 Å². The highest BCUT2D eigenvalue weighted by molar-refractivity contribution is 7.87. The van der Waals surface area contributed by atoms with E-state index in [1.807, 2.05) is 37.3 Å². The zero-order valence-corrected chi connectivity index (χ0v) is 14.4. The van der Waals surface area contributed by atoms with Crippen LogP contribution in [-0.2, 0) is 14.9 Å². The van der Waals surface area contributed by atoms with Crippen molar-refractivity contribution < 1.29 is 13.2 Å². The molecule has 0 spiro atoms. The van der Waals surface area contributed by atoms with Gasteiger partial charge in [0.1, 0.15) is 5.82 Å². The van der Waals surface area contributed by atoms with E-state index in [0.29, 0.717) is 38.5 Å². The summed E-state index contributed by atoms with van der Waals surface area (Å²) in [4.78, 5) is 7.59. The van der Waals surface area contributed by atoms with Crippen LogP contribution in [0, 0.1) is 0 Å². The van der Waals surface area contributed by atoms with Gasteiger partial charge in [-0.2, -0.15) is 17.4 Å². The van der Waals surface area contributed by atoms with Crippen LogP contribution in [0.4, 0.5) is 0 Å². The highest BCUT2D eigenvalue weighted by atomic mass is 32.2. The summed E-state index contributed by atoms with van der Waals surface area (Å²) in [6.07, 6.45) is 2.33. The van der Waals surface area contributed by atoms with E-state index in [0.717, 1.165) is 11.3 Å². The third-order valence-electron chi connectivity index (χ3n) is 4.02. The second-order valence-electron chi connectivity index (χ2n) is 5.64. The van der Waals surface area contributed by atoms with Crippen LogP contribution >= 0.6 is 0 Å². The van der Waals surface area contributed by atoms with E-state index in [9.17, 15) is 8.42 Å². The fraction of sp³-hybridized carbons (Fsp3) is 0.438. The predicted molar refractivity (Wildman–Crippen MR) is 91.5 cm³/mol. The van der Waals surface area contributed by atoms with Gasteiger partial charge in [-0.15, -0.1) is 0 Å². The largest absolute Gasteiger partial charge is 0.379 e. The minimum atomic E-state index is -3.55. The molecule has 8 heteroatoms. The minimum absolute atomic E-state index is 0.374. The molecule has 1 aliphatic rings. The summed E-state index contributed by atoms with van der Waals surface area (Å²) in [6, 6.07) is 9.43. The van der Waals surface area contributed by atoms with Crippen molar-refractivity contribution in [3.05, 3.63) is 42.4 Å². The third kappa shape index (κ3) is 3.84. The molecule has 0 saturated carbocycles. The number of H-pyrrole nitrogens is 1. The molecule has 0 radical (unpaired) electrons. The number of nitrogens with one attached hydrogen (secondary N) is 2. The van der Waals surface area contributed by atoms with Crippen LogP contribution in [0.3, 0.4) is 0 Å². The lowest BCUT2D eigenvalue weighted by molar-refractivity contribution is 0.0723. The van der Waals surface area contributed by atoms with Crippen LogP contribution in [0.2, 0.25) is 0 Å². The van der Waals surface area contributed by atoms with Crippen molar-refractivity contribution in [2.45, 2.75) is 19.4 Å². The standard InChI is InChI=1S/C16H22N4O3S/c1-2-14(19-24(21,22)20-8-10-23-11-9-20)16-17-12-15(18-16)13-6-4-3-5-7-13/h3-7,12,14,19H,2,8-11H2,1H3,(H,17,18)/t14-/m0/s1. The number of morpholine rings is 1. The number of nitrogens with zero attached hydrogens (tertiary/aromatic N) is 2. The fourth-order valence-electron chi connectivity index (χ4n) is 2.65. The van der Waals surface area contributed by atoms with Gasteiger partial charge in [0, 0.05) is 13.1 Å². The first-order valence-electron chi connectivity index (χ1n) is 8.05. The van der Waals surface area contributed by atoms with Crippen LogP contribution in [0.15, 0.2) is 36.5 Å². The van der Waals surface area contributed by atoms with E-state index in [1.54, 1.807) is 6.20 Å². The molecule has 1 aliphatic heterocycles. The number of rotatable bonds is 6. The first-order valence-corrected chi connectivity index (χ1v) is 9.49. The Morgan fingerprint density at radius 1 is 1.29 bits per heavy atom. The molecule has 0 amide bonds. The van der Waals surface area contributed by atoms with Crippen LogP contribution in [0.1, 0.15) is 25.2 Å². The van der Waals surface area contributed by atoms with Crippen molar-refractivity contribution in [1.29, 1.82) is 0 Å². The lowest BCUT2D eigenvalue weighted by Crippen LogP contribution is -2.47. The number of hydrogen-bond acceptors (Lipinski definition) is 4. The van der Waals surface area contributed by atoms with Crippen molar-refractivity contribution in [1.82, 2.24) is 19.0 Å². The maximum absolute atomic E-state index is 12.5. The van der Waals surface area contributed by atoms with Crippen molar-refractivity contribution >= 4 is 10.2 Å². The monoisotopic (exact) mass is 350 g/mol. The van der Waals surface area contributed by atoms with Crippen LogP contribution < -0.4 is 4.72 Å². The lowest BCUT2D eigenvalue weighted by atomic mass is 10.2. The Kier molecular flexibility index (Phi) is 5.30. The quantitative estimate of drug-likeness (QED) is 0.830. The summed E-state index contributed by atoms with van der Waals surface area (Å²) >= 11 is 0. The molecule has 1 atom stereocenters. The van der Waals surface area contributed by atoms with Crippen LogP contribution in [0.25, 0.3) is 11.3 Å². The maximum atomic E-state index is 12.5. The zero-order chi connectivity index (χ0) is 17.0. The van der Waals surface area contributed by atoms with Crippen molar-refractivity contribution in [3.8, 4) is 11.3 Å². The van der Waals surface area contributed by atoms with E-state index >= 15 is 0 Å². The van der Waals surface area contributed by atoms with Gasteiger partial charge in [-0.1, -0.05) is 37.3 Å². The SMILES string of the molecule is CC[C@H](NS(=O)(=O)N1CCOCC1)c1ncc(-c2ccccc2)[nH]1. The molecular formula is C16H22N4O3S. The Balaban J connectivity index is 1.76. The van der Waals surface area contributed by atoms with E-state index < -0.39 is 16.3 Å². The highest BCUT2D eigenvalue weighted by Crippen LogP contribution is 2.21. The molecule has 130 valence electrons. The van der Waals surface area contributed by atoms with Crippen molar-refractivity contribution in [3.63, 3.8) is 0 Å². The summed E-state index contributed by atoms with van der Waals surface area (Å²) in [5.41, 5.74) is 1.89. The highest BCUT2D eigenvalue weighted by Gasteiger charge is 2.28. The van der Waals surface area contributed by atoms with Crippen molar-refractivity contribution in [2.24, 2.45) is 0 Å². The normalized spacial score (nSPS) is 17.7. The number of ether oxygens (including phenoxy) is 1. The van der Waals surface area contributed by atoms with Gasteiger partial charge < -0.3 is 9.72 Å². The second kappa shape index (κ2) is 7.43. The van der Waals surface area contributed by atoms with E-state index in [1.165, 1.54) is 4.31 Å². The molecule has 1 fully saturated rings. The summed E-state index contributed by atoms with van der Waals surface area (Å²) in [5.74, 6) is 0.619. The molecule has 2 heterocycles. The molecule has 7 nitrogen and oxygen atoms in total. The maximum Gasteiger partial charge on any atom is 0.280 e. The molecule has 2 aromatic rings. The molecule has 1 aromatic carbocycles. The Morgan fingerprint density at radius 3 is 2.67 bits per heavy atom. The molecule has 0 aliphatic carbocycles. The molecule has 0 bridgehead atoms. The molecule has 0 unspecified atom stereocenters. The first kappa shape index (κ1) is 17.1. The smallest absolute Gasteiger partial charge is 0.280 e. The molecule has 1 aromatic heterocycles. The van der Waals surface area contributed by atoms with E-state index in [-0.39, 0.29) is 0 Å². The van der Waals surface area contributed by atoms with Gasteiger partial charge in [0.2, 0.25) is 0 Å². The Morgan fingerprint density at radius 2 is 2.00 bits per heavy atom. The molecule has 1 saturated heterocycles. The summed E-state index contributed by atoms with van der Waals surface area (Å²) in [7, 11) is -3.55. The third-order valence-corrected chi connectivity index (χ3v) is 5.65. The number of aromatic amines is 1. The van der Waals surface area contributed by atoms with Gasteiger partial charge in [-0.05, 0) is 12.0 Å².